The molecule has 0 spiro atoms. The number of carbonyl (C=O) groups is 2. The monoisotopic (exact) mass is 337 g/mol. The number of hydrogen-bond donors (Lipinski definition) is 1. The molecule has 0 aromatic carbocycles. The maximum atomic E-state index is 12.5. The number of aromatic nitrogens is 1. The Morgan fingerprint density at radius 3 is 2.70 bits per heavy atom. The molecule has 1 saturated carbocycles. The van der Waals surface area contributed by atoms with Gasteiger partial charge in [-0.05, 0) is 31.4 Å². The summed E-state index contributed by atoms with van der Waals surface area (Å²) in [4.78, 5) is 30.0. The van der Waals surface area contributed by atoms with Crippen LogP contribution in [0.1, 0.15) is 37.8 Å². The van der Waals surface area contributed by atoms with Crippen molar-refractivity contribution < 1.29 is 18.0 Å². The molecule has 23 heavy (non-hydrogen) atoms. The third-order valence-electron chi connectivity index (χ3n) is 4.79. The molecule has 1 aliphatic heterocycles. The lowest BCUT2D eigenvalue weighted by Gasteiger charge is -2.25. The highest BCUT2D eigenvalue weighted by Crippen LogP contribution is 2.43. The molecule has 7 nitrogen and oxygen atoms in total. The van der Waals surface area contributed by atoms with Gasteiger partial charge >= 0.3 is 0 Å². The lowest BCUT2D eigenvalue weighted by molar-refractivity contribution is -0.128. The average Bonchev–Trinajstić information content (AvgIpc) is 3.19. The second-order valence-corrected chi connectivity index (χ2v) is 8.66. The first-order valence-electron chi connectivity index (χ1n) is 7.47. The fourth-order valence-electron chi connectivity index (χ4n) is 2.89. The van der Waals surface area contributed by atoms with Crippen molar-refractivity contribution in [3.8, 4) is 0 Å². The summed E-state index contributed by atoms with van der Waals surface area (Å²) in [5, 5.41) is 0. The van der Waals surface area contributed by atoms with Crippen LogP contribution in [0.4, 0.5) is 0 Å². The van der Waals surface area contributed by atoms with Crippen LogP contribution in [0.5, 0.6) is 0 Å². The second kappa shape index (κ2) is 5.30. The van der Waals surface area contributed by atoms with Gasteiger partial charge in [-0.15, -0.1) is 0 Å². The van der Waals surface area contributed by atoms with Gasteiger partial charge in [0.1, 0.15) is 0 Å². The van der Waals surface area contributed by atoms with Crippen molar-refractivity contribution >= 4 is 21.8 Å². The summed E-state index contributed by atoms with van der Waals surface area (Å²) in [7, 11) is -2.09. The summed E-state index contributed by atoms with van der Waals surface area (Å²) in [6.07, 6.45) is 4.29. The van der Waals surface area contributed by atoms with E-state index < -0.39 is 32.6 Å². The van der Waals surface area contributed by atoms with E-state index in [9.17, 15) is 18.0 Å². The maximum Gasteiger partial charge on any atom is 0.240 e. The van der Waals surface area contributed by atoms with Crippen molar-refractivity contribution in [2.75, 3.05) is 7.05 Å². The third-order valence-corrected chi connectivity index (χ3v) is 6.96. The van der Waals surface area contributed by atoms with E-state index in [1.807, 2.05) is 0 Å². The van der Waals surface area contributed by atoms with Gasteiger partial charge < -0.3 is 4.90 Å². The predicted molar refractivity (Wildman–Crippen MR) is 82.6 cm³/mol. The SMILES string of the molecule is CN1C(=O)C[C@@H](C(=O)NS(=O)(=O)C2(C)CC2)[C@@H]1c1cccnc1. The first-order chi connectivity index (χ1) is 10.8. The van der Waals surface area contributed by atoms with Gasteiger partial charge in [-0.2, -0.15) is 0 Å². The molecular weight excluding hydrogens is 318 g/mol. The molecule has 2 amide bonds. The molecule has 0 bridgehead atoms. The first kappa shape index (κ1) is 15.9. The molecule has 1 aromatic rings. The predicted octanol–water partition coefficient (Wildman–Crippen LogP) is 0.599. The molecule has 1 aliphatic carbocycles. The highest BCUT2D eigenvalue weighted by Gasteiger charge is 2.52. The molecule has 2 aliphatic rings. The van der Waals surface area contributed by atoms with E-state index in [1.165, 1.54) is 4.90 Å². The number of nitrogens with zero attached hydrogens (tertiary/aromatic N) is 2. The van der Waals surface area contributed by atoms with Crippen LogP contribution in [0, 0.1) is 5.92 Å². The molecule has 2 atom stereocenters. The molecule has 2 heterocycles. The average molecular weight is 337 g/mol. The van der Waals surface area contributed by atoms with E-state index in [-0.39, 0.29) is 12.3 Å². The van der Waals surface area contributed by atoms with Crippen molar-refractivity contribution in [1.82, 2.24) is 14.6 Å². The number of sulfonamides is 1. The Kier molecular flexibility index (Phi) is 3.66. The normalized spacial score (nSPS) is 26.2. The molecule has 0 unspecified atom stereocenters. The molecule has 0 radical (unpaired) electrons. The Hall–Kier alpha value is -1.96. The van der Waals surface area contributed by atoms with Crippen LogP contribution in [0.25, 0.3) is 0 Å². The van der Waals surface area contributed by atoms with Crippen LogP contribution in [0.2, 0.25) is 0 Å². The van der Waals surface area contributed by atoms with Gasteiger partial charge in [0.2, 0.25) is 21.8 Å². The Bertz CT molecular complexity index is 743. The van der Waals surface area contributed by atoms with Crippen molar-refractivity contribution in [1.29, 1.82) is 0 Å². The van der Waals surface area contributed by atoms with Crippen LogP contribution in [0.3, 0.4) is 0 Å². The lowest BCUT2D eigenvalue weighted by Crippen LogP contribution is -2.42. The number of nitrogens with one attached hydrogen (secondary N) is 1. The van der Waals surface area contributed by atoms with Crippen LogP contribution in [-0.4, -0.2) is 41.9 Å². The number of hydrogen-bond acceptors (Lipinski definition) is 5. The molecule has 2 fully saturated rings. The molecule has 3 rings (SSSR count). The highest BCUT2D eigenvalue weighted by atomic mass is 32.2. The maximum absolute atomic E-state index is 12.5. The van der Waals surface area contributed by atoms with E-state index >= 15 is 0 Å². The number of amides is 2. The minimum Gasteiger partial charge on any atom is -0.338 e. The Labute approximate surface area is 135 Å². The smallest absolute Gasteiger partial charge is 0.240 e. The third kappa shape index (κ3) is 2.71. The zero-order valence-corrected chi connectivity index (χ0v) is 13.8. The molecule has 124 valence electrons. The van der Waals surface area contributed by atoms with Crippen molar-refractivity contribution in [2.24, 2.45) is 5.92 Å². The molecule has 1 aromatic heterocycles. The minimum absolute atomic E-state index is 0.00582. The Balaban J connectivity index is 1.85. The summed E-state index contributed by atoms with van der Waals surface area (Å²) >= 11 is 0. The number of likely N-dealkylation sites (tertiary alicyclic amines) is 1. The van der Waals surface area contributed by atoms with Gasteiger partial charge in [-0.3, -0.25) is 19.3 Å². The summed E-state index contributed by atoms with van der Waals surface area (Å²) in [6.45, 7) is 1.62. The summed E-state index contributed by atoms with van der Waals surface area (Å²) in [5.74, 6) is -1.55. The van der Waals surface area contributed by atoms with Crippen LogP contribution >= 0.6 is 0 Å². The van der Waals surface area contributed by atoms with E-state index in [0.717, 1.165) is 5.56 Å². The second-order valence-electron chi connectivity index (χ2n) is 6.47. The minimum atomic E-state index is -3.71. The summed E-state index contributed by atoms with van der Waals surface area (Å²) in [6, 6.07) is 3.01. The van der Waals surface area contributed by atoms with E-state index in [2.05, 4.69) is 9.71 Å². The molecular formula is C15H19N3O4S. The number of pyridine rings is 1. The standard InChI is InChI=1S/C15H19N3O4S/c1-15(5-6-15)23(21,22)17-14(20)11-8-12(19)18(2)13(11)10-4-3-7-16-9-10/h3-4,7,9,11,13H,5-6,8H2,1-2H3,(H,17,20)/t11-,13+/m1/s1. The van der Waals surface area contributed by atoms with Gasteiger partial charge in [0.25, 0.3) is 0 Å². The zero-order chi connectivity index (χ0) is 16.8. The van der Waals surface area contributed by atoms with Crippen molar-refractivity contribution in [3.05, 3.63) is 30.1 Å². The van der Waals surface area contributed by atoms with Crippen LogP contribution < -0.4 is 4.72 Å². The van der Waals surface area contributed by atoms with Gasteiger partial charge in [-0.1, -0.05) is 6.07 Å². The highest BCUT2D eigenvalue weighted by molar-refractivity contribution is 7.91. The van der Waals surface area contributed by atoms with Crippen molar-refractivity contribution in [2.45, 2.75) is 37.0 Å². The van der Waals surface area contributed by atoms with E-state index in [4.69, 9.17) is 0 Å². The van der Waals surface area contributed by atoms with E-state index in [0.29, 0.717) is 12.8 Å². The largest absolute Gasteiger partial charge is 0.338 e. The van der Waals surface area contributed by atoms with Gasteiger partial charge in [0, 0.05) is 25.9 Å². The lowest BCUT2D eigenvalue weighted by atomic mass is 9.94. The van der Waals surface area contributed by atoms with Gasteiger partial charge in [0.05, 0.1) is 16.7 Å². The Morgan fingerprint density at radius 1 is 1.43 bits per heavy atom. The number of carbonyl (C=O) groups excluding carboxylic acids is 2. The molecule has 1 saturated heterocycles. The van der Waals surface area contributed by atoms with Crippen LogP contribution in [0.15, 0.2) is 24.5 Å². The summed E-state index contributed by atoms with van der Waals surface area (Å²) < 4.78 is 25.8. The summed E-state index contributed by atoms with van der Waals surface area (Å²) in [5.41, 5.74) is 0.719. The van der Waals surface area contributed by atoms with E-state index in [1.54, 1.807) is 38.5 Å². The van der Waals surface area contributed by atoms with Crippen LogP contribution in [-0.2, 0) is 19.6 Å². The fourth-order valence-corrected chi connectivity index (χ4v) is 4.19. The molecule has 8 heteroatoms. The molecule has 1 N–H and O–H groups in total. The quantitative estimate of drug-likeness (QED) is 0.868. The zero-order valence-electron chi connectivity index (χ0n) is 13.0. The fraction of sp³-hybridized carbons (Fsp3) is 0.533. The van der Waals surface area contributed by atoms with Gasteiger partial charge in [0.15, 0.2) is 0 Å². The Morgan fingerprint density at radius 2 is 2.13 bits per heavy atom. The van der Waals surface area contributed by atoms with Crippen molar-refractivity contribution in [3.63, 3.8) is 0 Å². The topological polar surface area (TPSA) is 96.4 Å². The number of rotatable bonds is 4. The first-order valence-corrected chi connectivity index (χ1v) is 8.95. The van der Waals surface area contributed by atoms with Gasteiger partial charge in [-0.25, -0.2) is 8.42 Å².